The zero-order valence-corrected chi connectivity index (χ0v) is 19.6. The number of amides is 2. The molecule has 1 saturated heterocycles. The van der Waals surface area contributed by atoms with Gasteiger partial charge in [-0.25, -0.2) is 0 Å². The Labute approximate surface area is 199 Å². The lowest BCUT2D eigenvalue weighted by Crippen LogP contribution is -2.36. The van der Waals surface area contributed by atoms with Crippen molar-refractivity contribution in [1.82, 2.24) is 24.9 Å². The molecular formula is C26H31N5O3. The Kier molecular flexibility index (Phi) is 6.49. The number of hydrogen-bond acceptors (Lipinski definition) is 5. The minimum Gasteiger partial charge on any atom is -0.465 e. The van der Waals surface area contributed by atoms with Crippen molar-refractivity contribution in [3.8, 4) is 0 Å². The van der Waals surface area contributed by atoms with E-state index in [0.29, 0.717) is 44.8 Å². The highest BCUT2D eigenvalue weighted by atomic mass is 16.3. The molecular weight excluding hydrogens is 430 g/mol. The monoisotopic (exact) mass is 461 g/mol. The zero-order valence-electron chi connectivity index (χ0n) is 19.6. The largest absolute Gasteiger partial charge is 0.465 e. The van der Waals surface area contributed by atoms with Crippen molar-refractivity contribution in [2.45, 2.75) is 45.8 Å². The summed E-state index contributed by atoms with van der Waals surface area (Å²) in [5, 5.41) is 7.69. The first-order valence-corrected chi connectivity index (χ1v) is 12.0. The summed E-state index contributed by atoms with van der Waals surface area (Å²) in [6.45, 7) is 6.34. The first kappa shape index (κ1) is 22.4. The quantitative estimate of drug-likeness (QED) is 0.610. The molecule has 8 nitrogen and oxygen atoms in total. The van der Waals surface area contributed by atoms with E-state index in [4.69, 9.17) is 9.52 Å². The Bertz CT molecular complexity index is 1170. The highest BCUT2D eigenvalue weighted by molar-refractivity contribution is 5.94. The van der Waals surface area contributed by atoms with Crippen LogP contribution in [0, 0.1) is 6.92 Å². The maximum absolute atomic E-state index is 13.6. The number of nitrogens with one attached hydrogen (secondary N) is 1. The van der Waals surface area contributed by atoms with Crippen molar-refractivity contribution in [3.05, 3.63) is 76.5 Å². The summed E-state index contributed by atoms with van der Waals surface area (Å²) >= 11 is 0. The number of hydrogen-bond donors (Lipinski definition) is 1. The van der Waals surface area contributed by atoms with Crippen LogP contribution in [0.1, 0.15) is 45.3 Å². The third-order valence-corrected chi connectivity index (χ3v) is 6.65. The average Bonchev–Trinajstić information content (AvgIpc) is 3.34. The van der Waals surface area contributed by atoms with Crippen LogP contribution in [0.4, 0.5) is 0 Å². The van der Waals surface area contributed by atoms with E-state index < -0.39 is 0 Å². The normalized spacial score (nSPS) is 16.7. The minimum absolute atomic E-state index is 0.00867. The highest BCUT2D eigenvalue weighted by Gasteiger charge is 2.31. The van der Waals surface area contributed by atoms with Crippen LogP contribution in [0.15, 0.2) is 46.9 Å². The van der Waals surface area contributed by atoms with Gasteiger partial charge in [-0.2, -0.15) is 5.10 Å². The van der Waals surface area contributed by atoms with Crippen molar-refractivity contribution < 1.29 is 14.0 Å². The zero-order chi connectivity index (χ0) is 23.5. The summed E-state index contributed by atoms with van der Waals surface area (Å²) in [5.74, 6) is 1.75. The summed E-state index contributed by atoms with van der Waals surface area (Å²) in [6.07, 6.45) is 2.02. The Balaban J connectivity index is 1.40. The summed E-state index contributed by atoms with van der Waals surface area (Å²) in [5.41, 5.74) is 3.94. The third-order valence-electron chi connectivity index (χ3n) is 6.65. The molecule has 0 radical (unpaired) electrons. The van der Waals surface area contributed by atoms with Crippen molar-refractivity contribution in [1.29, 1.82) is 0 Å². The molecule has 0 spiro atoms. The van der Waals surface area contributed by atoms with Gasteiger partial charge in [0.25, 0.3) is 5.91 Å². The molecule has 0 bridgehead atoms. The molecule has 0 aliphatic carbocycles. The molecule has 4 heterocycles. The van der Waals surface area contributed by atoms with Gasteiger partial charge < -0.3 is 14.6 Å². The summed E-state index contributed by atoms with van der Waals surface area (Å²) in [4.78, 5) is 29.4. The van der Waals surface area contributed by atoms with E-state index in [1.165, 1.54) is 5.56 Å². The lowest BCUT2D eigenvalue weighted by atomic mass is 10.0. The predicted molar refractivity (Wildman–Crippen MR) is 127 cm³/mol. The van der Waals surface area contributed by atoms with Gasteiger partial charge in [-0.15, -0.1) is 0 Å². The molecule has 3 aromatic rings. The number of rotatable bonds is 6. The Morgan fingerprint density at radius 1 is 1.09 bits per heavy atom. The first-order chi connectivity index (χ1) is 16.6. The van der Waals surface area contributed by atoms with Gasteiger partial charge in [-0.05, 0) is 31.0 Å². The van der Waals surface area contributed by atoms with Crippen LogP contribution in [0.2, 0.25) is 0 Å². The van der Waals surface area contributed by atoms with E-state index in [9.17, 15) is 9.59 Å². The number of aryl methyl sites for hydroxylation is 3. The molecule has 1 aromatic carbocycles. The molecule has 178 valence electrons. The van der Waals surface area contributed by atoms with E-state index in [0.717, 1.165) is 48.7 Å². The molecule has 0 unspecified atom stereocenters. The number of furan rings is 1. The maximum Gasteiger partial charge on any atom is 0.274 e. The molecule has 2 aromatic heterocycles. The number of carbonyl (C=O) groups is 2. The molecule has 5 rings (SSSR count). The number of fused-ring (bicyclic) bond motifs is 1. The van der Waals surface area contributed by atoms with E-state index in [1.807, 2.05) is 41.9 Å². The van der Waals surface area contributed by atoms with Crippen molar-refractivity contribution in [2.75, 3.05) is 26.2 Å². The lowest BCUT2D eigenvalue weighted by molar-refractivity contribution is -0.120. The number of aromatic nitrogens is 2. The fourth-order valence-electron chi connectivity index (χ4n) is 4.83. The minimum atomic E-state index is -0.0816. The Hall–Kier alpha value is -3.39. The molecule has 2 amide bonds. The van der Waals surface area contributed by atoms with Gasteiger partial charge in [0.05, 0.1) is 6.54 Å². The second kappa shape index (κ2) is 9.85. The number of carbonyl (C=O) groups excluding carboxylic acids is 2. The van der Waals surface area contributed by atoms with Gasteiger partial charge in [0.2, 0.25) is 5.91 Å². The number of benzene rings is 1. The molecule has 0 atom stereocenters. The second-order valence-electron chi connectivity index (χ2n) is 9.10. The third kappa shape index (κ3) is 4.92. The van der Waals surface area contributed by atoms with Gasteiger partial charge >= 0.3 is 0 Å². The summed E-state index contributed by atoms with van der Waals surface area (Å²) in [6, 6.07) is 14.4. The van der Waals surface area contributed by atoms with Gasteiger partial charge in [-0.3, -0.25) is 19.2 Å². The van der Waals surface area contributed by atoms with Crippen LogP contribution in [0.3, 0.4) is 0 Å². The van der Waals surface area contributed by atoms with Crippen molar-refractivity contribution in [2.24, 2.45) is 0 Å². The topological polar surface area (TPSA) is 83.6 Å². The Morgan fingerprint density at radius 2 is 1.94 bits per heavy atom. The van der Waals surface area contributed by atoms with Crippen LogP contribution >= 0.6 is 0 Å². The summed E-state index contributed by atoms with van der Waals surface area (Å²) < 4.78 is 7.82. The van der Waals surface area contributed by atoms with Crippen LogP contribution in [0.25, 0.3) is 0 Å². The number of nitrogens with zero attached hydrogens (tertiary/aromatic N) is 4. The van der Waals surface area contributed by atoms with Crippen LogP contribution in [-0.2, 0) is 37.3 Å². The maximum atomic E-state index is 13.6. The van der Waals surface area contributed by atoms with E-state index >= 15 is 0 Å². The fraction of sp³-hybridized carbons (Fsp3) is 0.423. The van der Waals surface area contributed by atoms with E-state index in [2.05, 4.69) is 22.3 Å². The molecule has 2 aliphatic rings. The molecule has 2 aliphatic heterocycles. The van der Waals surface area contributed by atoms with Gasteiger partial charge in [0, 0.05) is 63.4 Å². The van der Waals surface area contributed by atoms with Gasteiger partial charge in [-0.1, -0.05) is 30.3 Å². The van der Waals surface area contributed by atoms with Crippen LogP contribution in [0.5, 0.6) is 0 Å². The highest BCUT2D eigenvalue weighted by Crippen LogP contribution is 2.26. The fourth-order valence-corrected chi connectivity index (χ4v) is 4.83. The molecule has 1 fully saturated rings. The van der Waals surface area contributed by atoms with Crippen LogP contribution in [-0.4, -0.2) is 57.6 Å². The van der Waals surface area contributed by atoms with Gasteiger partial charge in [0.1, 0.15) is 11.5 Å². The summed E-state index contributed by atoms with van der Waals surface area (Å²) in [7, 11) is 0. The van der Waals surface area contributed by atoms with E-state index in [-0.39, 0.29) is 11.8 Å². The SMILES string of the molecule is Cc1ccc(CN2CCc3c(c(C(=O)N4CCNC(=O)CC4)nn3CCc3ccccc3)C2)o1. The van der Waals surface area contributed by atoms with Crippen molar-refractivity contribution in [3.63, 3.8) is 0 Å². The molecule has 34 heavy (non-hydrogen) atoms. The standard InChI is InChI=1S/C26H31N5O3/c1-19-7-8-21(34-19)17-29-13-10-23-22(18-29)25(26(33)30-14-11-24(32)27-12-16-30)28-31(23)15-9-20-5-3-2-4-6-20/h2-8H,9-18H2,1H3,(H,27,32). The van der Waals surface area contributed by atoms with Crippen molar-refractivity contribution >= 4 is 11.8 Å². The smallest absolute Gasteiger partial charge is 0.274 e. The predicted octanol–water partition coefficient (Wildman–Crippen LogP) is 2.55. The Morgan fingerprint density at radius 3 is 2.74 bits per heavy atom. The first-order valence-electron chi connectivity index (χ1n) is 12.0. The molecule has 8 heteroatoms. The lowest BCUT2D eigenvalue weighted by Gasteiger charge is -2.27. The van der Waals surface area contributed by atoms with Gasteiger partial charge in [0.15, 0.2) is 5.69 Å². The molecule has 1 N–H and O–H groups in total. The molecule has 0 saturated carbocycles. The van der Waals surface area contributed by atoms with E-state index in [1.54, 1.807) is 4.90 Å². The average molecular weight is 462 g/mol. The second-order valence-corrected chi connectivity index (χ2v) is 9.10. The van der Waals surface area contributed by atoms with Crippen LogP contribution < -0.4 is 5.32 Å².